The van der Waals surface area contributed by atoms with Crippen LogP contribution in [-0.2, 0) is 6.54 Å². The van der Waals surface area contributed by atoms with Gasteiger partial charge in [0.25, 0.3) is 5.91 Å². The fraction of sp³-hybridized carbons (Fsp3) is 0.0833. The number of rotatable bonds is 3. The molecule has 5 heteroatoms. The Morgan fingerprint density at radius 1 is 1.29 bits per heavy atom. The second-order valence-electron chi connectivity index (χ2n) is 3.44. The standard InChI is InChI=1S/C12H9Br2NOS/c13-9-1-2-10(11(14)5-9)12(16)15-6-8-3-4-17-7-8/h1-5,7H,6H2,(H,15,16). The van der Waals surface area contributed by atoms with Crippen LogP contribution in [0.4, 0.5) is 0 Å². The normalized spacial score (nSPS) is 10.2. The van der Waals surface area contributed by atoms with E-state index >= 15 is 0 Å². The van der Waals surface area contributed by atoms with Crippen LogP contribution >= 0.6 is 43.2 Å². The van der Waals surface area contributed by atoms with Crippen molar-refractivity contribution in [1.82, 2.24) is 5.32 Å². The van der Waals surface area contributed by atoms with Gasteiger partial charge in [-0.1, -0.05) is 15.9 Å². The largest absolute Gasteiger partial charge is 0.348 e. The van der Waals surface area contributed by atoms with Gasteiger partial charge in [0.05, 0.1) is 5.56 Å². The molecule has 2 rings (SSSR count). The first-order chi connectivity index (χ1) is 8.16. The number of benzene rings is 1. The van der Waals surface area contributed by atoms with E-state index in [9.17, 15) is 4.79 Å². The average Bonchev–Trinajstić information content (AvgIpc) is 2.78. The molecule has 0 bridgehead atoms. The van der Waals surface area contributed by atoms with Crippen molar-refractivity contribution in [3.05, 3.63) is 55.1 Å². The number of thiophene rings is 1. The third kappa shape index (κ3) is 3.40. The van der Waals surface area contributed by atoms with Gasteiger partial charge < -0.3 is 5.32 Å². The van der Waals surface area contributed by atoms with Gasteiger partial charge in [-0.15, -0.1) is 0 Å². The monoisotopic (exact) mass is 373 g/mol. The number of hydrogen-bond donors (Lipinski definition) is 1. The zero-order valence-electron chi connectivity index (χ0n) is 8.74. The summed E-state index contributed by atoms with van der Waals surface area (Å²) in [7, 11) is 0. The first-order valence-corrected chi connectivity index (χ1v) is 7.44. The SMILES string of the molecule is O=C(NCc1ccsc1)c1ccc(Br)cc1Br. The maximum absolute atomic E-state index is 11.9. The molecule has 1 aromatic carbocycles. The highest BCUT2D eigenvalue weighted by molar-refractivity contribution is 9.11. The highest BCUT2D eigenvalue weighted by atomic mass is 79.9. The van der Waals surface area contributed by atoms with Gasteiger partial charge in [-0.2, -0.15) is 11.3 Å². The molecule has 0 fully saturated rings. The van der Waals surface area contributed by atoms with E-state index in [0.717, 1.165) is 14.5 Å². The molecule has 0 aliphatic heterocycles. The lowest BCUT2D eigenvalue weighted by atomic mass is 10.2. The molecule has 0 saturated heterocycles. The molecule has 0 aliphatic carbocycles. The second-order valence-corrected chi connectivity index (χ2v) is 5.99. The summed E-state index contributed by atoms with van der Waals surface area (Å²) >= 11 is 8.36. The van der Waals surface area contributed by atoms with E-state index in [4.69, 9.17) is 0 Å². The first-order valence-electron chi connectivity index (χ1n) is 4.91. The third-order valence-corrected chi connectivity index (χ3v) is 4.09. The lowest BCUT2D eigenvalue weighted by Crippen LogP contribution is -2.22. The molecule has 2 nitrogen and oxygen atoms in total. The van der Waals surface area contributed by atoms with Crippen molar-refractivity contribution in [2.45, 2.75) is 6.54 Å². The Balaban J connectivity index is 2.04. The maximum Gasteiger partial charge on any atom is 0.252 e. The zero-order chi connectivity index (χ0) is 12.3. The van der Waals surface area contributed by atoms with Crippen LogP contribution in [0.1, 0.15) is 15.9 Å². The van der Waals surface area contributed by atoms with E-state index in [0.29, 0.717) is 12.1 Å². The molecule has 0 aliphatic rings. The second kappa shape index (κ2) is 5.80. The number of hydrogen-bond acceptors (Lipinski definition) is 2. The van der Waals surface area contributed by atoms with Gasteiger partial charge in [-0.25, -0.2) is 0 Å². The Bertz CT molecular complexity index is 525. The topological polar surface area (TPSA) is 29.1 Å². The molecule has 2 aromatic rings. The summed E-state index contributed by atoms with van der Waals surface area (Å²) in [6.07, 6.45) is 0. The number of halogens is 2. The Morgan fingerprint density at radius 3 is 2.76 bits per heavy atom. The Kier molecular flexibility index (Phi) is 4.36. The molecule has 0 saturated carbocycles. The van der Waals surface area contributed by atoms with Crippen LogP contribution in [0.2, 0.25) is 0 Å². The van der Waals surface area contributed by atoms with Gasteiger partial charge in [-0.05, 0) is 56.5 Å². The Hall–Kier alpha value is -0.650. The molecular weight excluding hydrogens is 366 g/mol. The maximum atomic E-state index is 11.9. The van der Waals surface area contributed by atoms with E-state index in [-0.39, 0.29) is 5.91 Å². The van der Waals surface area contributed by atoms with Crippen LogP contribution in [-0.4, -0.2) is 5.91 Å². The highest BCUT2D eigenvalue weighted by Gasteiger charge is 2.09. The lowest BCUT2D eigenvalue weighted by molar-refractivity contribution is 0.0950. The molecular formula is C12H9Br2NOS. The highest BCUT2D eigenvalue weighted by Crippen LogP contribution is 2.21. The summed E-state index contributed by atoms with van der Waals surface area (Å²) in [6.45, 7) is 0.560. The van der Waals surface area contributed by atoms with Crippen LogP contribution in [0.5, 0.6) is 0 Å². The Labute approximate surface area is 120 Å². The summed E-state index contributed by atoms with van der Waals surface area (Å²) in [6, 6.07) is 7.50. The Morgan fingerprint density at radius 2 is 2.12 bits per heavy atom. The molecule has 1 aromatic heterocycles. The van der Waals surface area contributed by atoms with Gasteiger partial charge >= 0.3 is 0 Å². The number of nitrogens with one attached hydrogen (secondary N) is 1. The lowest BCUT2D eigenvalue weighted by Gasteiger charge is -2.06. The van der Waals surface area contributed by atoms with Crippen molar-refractivity contribution < 1.29 is 4.79 Å². The fourth-order valence-corrected chi connectivity index (χ4v) is 3.24. The smallest absolute Gasteiger partial charge is 0.252 e. The van der Waals surface area contributed by atoms with Crippen molar-refractivity contribution in [2.75, 3.05) is 0 Å². The molecule has 1 heterocycles. The molecule has 88 valence electrons. The van der Waals surface area contributed by atoms with E-state index in [1.165, 1.54) is 0 Å². The fourth-order valence-electron chi connectivity index (χ4n) is 1.34. The minimum atomic E-state index is -0.0735. The van der Waals surface area contributed by atoms with Crippen LogP contribution in [0.15, 0.2) is 44.0 Å². The average molecular weight is 375 g/mol. The van der Waals surface area contributed by atoms with E-state index in [1.54, 1.807) is 17.4 Å². The van der Waals surface area contributed by atoms with Crippen molar-refractivity contribution in [3.63, 3.8) is 0 Å². The molecule has 0 atom stereocenters. The summed E-state index contributed by atoms with van der Waals surface area (Å²) < 4.78 is 1.73. The summed E-state index contributed by atoms with van der Waals surface area (Å²) in [5, 5.41) is 6.91. The van der Waals surface area contributed by atoms with Crippen molar-refractivity contribution in [2.24, 2.45) is 0 Å². The van der Waals surface area contributed by atoms with Gasteiger partial charge in [0.15, 0.2) is 0 Å². The summed E-state index contributed by atoms with van der Waals surface area (Å²) in [5.74, 6) is -0.0735. The zero-order valence-corrected chi connectivity index (χ0v) is 12.7. The predicted molar refractivity (Wildman–Crippen MR) is 77.3 cm³/mol. The quantitative estimate of drug-likeness (QED) is 0.856. The third-order valence-electron chi connectivity index (χ3n) is 2.21. The minimum Gasteiger partial charge on any atom is -0.348 e. The molecule has 1 amide bonds. The first kappa shape index (κ1) is 12.8. The van der Waals surface area contributed by atoms with E-state index in [1.807, 2.05) is 29.0 Å². The van der Waals surface area contributed by atoms with Crippen LogP contribution in [0.25, 0.3) is 0 Å². The van der Waals surface area contributed by atoms with Gasteiger partial charge in [0, 0.05) is 15.5 Å². The van der Waals surface area contributed by atoms with Crippen LogP contribution < -0.4 is 5.32 Å². The summed E-state index contributed by atoms with van der Waals surface area (Å²) in [4.78, 5) is 11.9. The minimum absolute atomic E-state index is 0.0735. The number of carbonyl (C=O) groups is 1. The van der Waals surface area contributed by atoms with Crippen molar-refractivity contribution >= 4 is 49.1 Å². The molecule has 1 N–H and O–H groups in total. The van der Waals surface area contributed by atoms with Gasteiger partial charge in [-0.3, -0.25) is 4.79 Å². The van der Waals surface area contributed by atoms with E-state index < -0.39 is 0 Å². The molecule has 0 spiro atoms. The van der Waals surface area contributed by atoms with E-state index in [2.05, 4.69) is 37.2 Å². The van der Waals surface area contributed by atoms with Gasteiger partial charge in [0.1, 0.15) is 0 Å². The van der Waals surface area contributed by atoms with Crippen molar-refractivity contribution in [3.8, 4) is 0 Å². The number of carbonyl (C=O) groups excluding carboxylic acids is 1. The summed E-state index contributed by atoms with van der Waals surface area (Å²) in [5.41, 5.74) is 1.76. The molecule has 0 radical (unpaired) electrons. The van der Waals surface area contributed by atoms with Gasteiger partial charge in [0.2, 0.25) is 0 Å². The molecule has 0 unspecified atom stereocenters. The van der Waals surface area contributed by atoms with Crippen molar-refractivity contribution in [1.29, 1.82) is 0 Å². The van der Waals surface area contributed by atoms with Crippen LogP contribution in [0.3, 0.4) is 0 Å². The molecule has 17 heavy (non-hydrogen) atoms. The number of amides is 1. The van der Waals surface area contributed by atoms with Crippen LogP contribution in [0, 0.1) is 0 Å². The predicted octanol–water partition coefficient (Wildman–Crippen LogP) is 4.20.